The Kier molecular flexibility index (Phi) is 5.91. The molecule has 5 nitrogen and oxygen atoms in total. The van der Waals surface area contributed by atoms with E-state index in [2.05, 4.69) is 34.7 Å². The molecule has 1 aliphatic rings. The molecule has 2 aromatic heterocycles. The second-order valence-electron chi connectivity index (χ2n) is 7.13. The lowest BCUT2D eigenvalue weighted by Gasteiger charge is -2.32. The topological polar surface area (TPSA) is 41.4 Å². The minimum atomic E-state index is 0.195. The molecule has 0 bridgehead atoms. The van der Waals surface area contributed by atoms with Crippen LogP contribution in [0.1, 0.15) is 46.2 Å². The van der Waals surface area contributed by atoms with E-state index < -0.39 is 0 Å². The highest BCUT2D eigenvalue weighted by Gasteiger charge is 2.27. The van der Waals surface area contributed by atoms with Crippen LogP contribution in [0.4, 0.5) is 0 Å². The van der Waals surface area contributed by atoms with Crippen LogP contribution in [0.2, 0.25) is 0 Å². The molecule has 1 fully saturated rings. The largest absolute Gasteiger partial charge is 0.338 e. The Morgan fingerprint density at radius 3 is 2.76 bits per heavy atom. The summed E-state index contributed by atoms with van der Waals surface area (Å²) in [6.07, 6.45) is 7.14. The number of likely N-dealkylation sites (tertiary alicyclic amines) is 1. The van der Waals surface area contributed by atoms with Gasteiger partial charge in [-0.25, -0.2) is 4.98 Å². The van der Waals surface area contributed by atoms with Gasteiger partial charge in [-0.2, -0.15) is 0 Å². The molecule has 3 rings (SSSR count). The van der Waals surface area contributed by atoms with E-state index in [-0.39, 0.29) is 5.91 Å². The molecule has 0 spiro atoms. The van der Waals surface area contributed by atoms with Gasteiger partial charge in [-0.3, -0.25) is 4.79 Å². The fraction of sp³-hybridized carbons (Fsp3) is 0.579. The van der Waals surface area contributed by atoms with Crippen molar-refractivity contribution < 1.29 is 4.79 Å². The number of piperidine rings is 1. The van der Waals surface area contributed by atoms with Gasteiger partial charge >= 0.3 is 0 Å². The van der Waals surface area contributed by atoms with Crippen LogP contribution in [-0.4, -0.2) is 59.0 Å². The zero-order chi connectivity index (χ0) is 17.8. The second-order valence-corrected chi connectivity index (χ2v) is 8.05. The molecule has 3 heterocycles. The minimum Gasteiger partial charge on any atom is -0.338 e. The Bertz CT molecular complexity index is 698. The van der Waals surface area contributed by atoms with Gasteiger partial charge in [0.15, 0.2) is 0 Å². The molecule has 0 aromatic carbocycles. The summed E-state index contributed by atoms with van der Waals surface area (Å²) in [6, 6.07) is 2.02. The van der Waals surface area contributed by atoms with E-state index in [1.165, 1.54) is 5.82 Å². The molecule has 136 valence electrons. The van der Waals surface area contributed by atoms with Crippen LogP contribution < -0.4 is 0 Å². The molecule has 25 heavy (non-hydrogen) atoms. The van der Waals surface area contributed by atoms with Gasteiger partial charge < -0.3 is 14.4 Å². The maximum Gasteiger partial charge on any atom is 0.264 e. The van der Waals surface area contributed by atoms with Gasteiger partial charge in [0.25, 0.3) is 5.91 Å². The van der Waals surface area contributed by atoms with E-state index in [1.807, 2.05) is 29.5 Å². The lowest BCUT2D eigenvalue weighted by Crippen LogP contribution is -2.38. The molecular formula is C19H28N4OS. The lowest BCUT2D eigenvalue weighted by atomic mass is 9.95. The summed E-state index contributed by atoms with van der Waals surface area (Å²) in [7, 11) is 4.22. The maximum absolute atomic E-state index is 12.7. The zero-order valence-corrected chi connectivity index (χ0v) is 16.3. The highest BCUT2D eigenvalue weighted by Crippen LogP contribution is 2.29. The van der Waals surface area contributed by atoms with Crippen molar-refractivity contribution in [2.45, 2.75) is 38.6 Å². The average Bonchev–Trinajstić information content (AvgIpc) is 3.23. The molecule has 1 aliphatic heterocycles. The van der Waals surface area contributed by atoms with Crippen molar-refractivity contribution in [3.63, 3.8) is 0 Å². The SMILES string of the molecule is Cc1ccsc1C(=O)N1CCC(c2nccn2CCCN(C)C)CC1. The quantitative estimate of drug-likeness (QED) is 0.794. The summed E-state index contributed by atoms with van der Waals surface area (Å²) < 4.78 is 2.30. The number of hydrogen-bond acceptors (Lipinski definition) is 4. The average molecular weight is 361 g/mol. The zero-order valence-electron chi connectivity index (χ0n) is 15.4. The van der Waals surface area contributed by atoms with E-state index in [1.54, 1.807) is 11.3 Å². The first-order valence-corrected chi connectivity index (χ1v) is 9.93. The van der Waals surface area contributed by atoms with Crippen LogP contribution in [0.5, 0.6) is 0 Å². The van der Waals surface area contributed by atoms with Crippen molar-refractivity contribution in [1.82, 2.24) is 19.4 Å². The third-order valence-corrected chi connectivity index (χ3v) is 5.96. The summed E-state index contributed by atoms with van der Waals surface area (Å²) >= 11 is 1.55. The third kappa shape index (κ3) is 4.30. The van der Waals surface area contributed by atoms with Gasteiger partial charge in [-0.05, 0) is 63.8 Å². The molecule has 0 radical (unpaired) electrons. The van der Waals surface area contributed by atoms with Gasteiger partial charge in [0.05, 0.1) is 4.88 Å². The summed E-state index contributed by atoms with van der Waals surface area (Å²) in [5.41, 5.74) is 1.09. The Labute approximate surface area is 154 Å². The summed E-state index contributed by atoms with van der Waals surface area (Å²) in [5, 5.41) is 2.00. The highest BCUT2D eigenvalue weighted by molar-refractivity contribution is 7.12. The van der Waals surface area contributed by atoms with Crippen molar-refractivity contribution in [3.8, 4) is 0 Å². The van der Waals surface area contributed by atoms with Crippen LogP contribution in [0.25, 0.3) is 0 Å². The van der Waals surface area contributed by atoms with Crippen molar-refractivity contribution in [2.75, 3.05) is 33.7 Å². The molecule has 1 amide bonds. The molecular weight excluding hydrogens is 332 g/mol. The summed E-state index contributed by atoms with van der Waals surface area (Å²) in [4.78, 5) is 22.4. The number of carbonyl (C=O) groups excluding carboxylic acids is 1. The highest BCUT2D eigenvalue weighted by atomic mass is 32.1. The van der Waals surface area contributed by atoms with Crippen molar-refractivity contribution in [1.29, 1.82) is 0 Å². The van der Waals surface area contributed by atoms with Gasteiger partial charge in [-0.15, -0.1) is 11.3 Å². The number of hydrogen-bond donors (Lipinski definition) is 0. The Morgan fingerprint density at radius 1 is 1.36 bits per heavy atom. The van der Waals surface area contributed by atoms with Crippen molar-refractivity contribution >= 4 is 17.2 Å². The number of rotatable bonds is 6. The molecule has 2 aromatic rings. The number of amides is 1. The smallest absolute Gasteiger partial charge is 0.264 e. The van der Waals surface area contributed by atoms with Gasteiger partial charge in [0.1, 0.15) is 5.82 Å². The number of imidazole rings is 1. The van der Waals surface area contributed by atoms with E-state index >= 15 is 0 Å². The Morgan fingerprint density at radius 2 is 2.12 bits per heavy atom. The monoisotopic (exact) mass is 360 g/mol. The summed E-state index contributed by atoms with van der Waals surface area (Å²) in [5.74, 6) is 1.85. The maximum atomic E-state index is 12.7. The second kappa shape index (κ2) is 8.15. The normalized spacial score (nSPS) is 15.9. The lowest BCUT2D eigenvalue weighted by molar-refractivity contribution is 0.0714. The fourth-order valence-electron chi connectivity index (χ4n) is 3.50. The number of aryl methyl sites for hydroxylation is 2. The first kappa shape index (κ1) is 18.1. The predicted octanol–water partition coefficient (Wildman–Crippen LogP) is 3.22. The molecule has 0 N–H and O–H groups in total. The van der Waals surface area contributed by atoms with Gasteiger partial charge in [0, 0.05) is 37.9 Å². The van der Waals surface area contributed by atoms with Crippen molar-refractivity contribution in [3.05, 3.63) is 40.1 Å². The van der Waals surface area contributed by atoms with E-state index in [0.717, 1.165) is 55.9 Å². The fourth-order valence-corrected chi connectivity index (χ4v) is 4.40. The minimum absolute atomic E-state index is 0.195. The standard InChI is InChI=1S/C19H28N4OS/c1-15-7-14-25-17(15)19(24)23-11-5-16(6-12-23)18-20-8-13-22(18)10-4-9-21(2)3/h7-8,13-14,16H,4-6,9-12H2,1-3H3. The number of aromatic nitrogens is 2. The van der Waals surface area contributed by atoms with Crippen LogP contribution in [0.15, 0.2) is 23.8 Å². The Balaban J connectivity index is 1.57. The number of nitrogens with zero attached hydrogens (tertiary/aromatic N) is 4. The third-order valence-electron chi connectivity index (χ3n) is 4.96. The molecule has 1 saturated heterocycles. The molecule has 0 aliphatic carbocycles. The molecule has 0 saturated carbocycles. The predicted molar refractivity (Wildman–Crippen MR) is 102 cm³/mol. The van der Waals surface area contributed by atoms with E-state index in [0.29, 0.717) is 5.92 Å². The van der Waals surface area contributed by atoms with Crippen LogP contribution >= 0.6 is 11.3 Å². The van der Waals surface area contributed by atoms with Gasteiger partial charge in [-0.1, -0.05) is 0 Å². The first-order chi connectivity index (χ1) is 12.1. The number of thiophene rings is 1. The number of carbonyl (C=O) groups is 1. The van der Waals surface area contributed by atoms with Crippen LogP contribution in [0, 0.1) is 6.92 Å². The van der Waals surface area contributed by atoms with Crippen LogP contribution in [-0.2, 0) is 6.54 Å². The first-order valence-electron chi connectivity index (χ1n) is 9.05. The van der Waals surface area contributed by atoms with Crippen LogP contribution in [0.3, 0.4) is 0 Å². The van der Waals surface area contributed by atoms with E-state index in [9.17, 15) is 4.79 Å². The molecule has 0 unspecified atom stereocenters. The molecule has 0 atom stereocenters. The van der Waals surface area contributed by atoms with Crippen molar-refractivity contribution in [2.24, 2.45) is 0 Å². The van der Waals surface area contributed by atoms with E-state index in [4.69, 9.17) is 0 Å². The van der Waals surface area contributed by atoms with Gasteiger partial charge in [0.2, 0.25) is 0 Å². The summed E-state index contributed by atoms with van der Waals surface area (Å²) in [6.45, 7) is 5.77. The molecule has 6 heteroatoms. The Hall–Kier alpha value is -1.66.